The van der Waals surface area contributed by atoms with Crippen LogP contribution in [-0.4, -0.2) is 44.5 Å². The predicted molar refractivity (Wildman–Crippen MR) is 132 cm³/mol. The third-order valence-corrected chi connectivity index (χ3v) is 7.26. The maximum Gasteiger partial charge on any atom is 0.233 e. The second kappa shape index (κ2) is 11.5. The normalized spacial score (nSPS) is 14.2. The molecule has 1 fully saturated rings. The molecule has 0 saturated heterocycles. The summed E-state index contributed by atoms with van der Waals surface area (Å²) in [6.07, 6.45) is 5.52. The summed E-state index contributed by atoms with van der Waals surface area (Å²) >= 11 is 1.41. The molecule has 1 saturated carbocycles. The Morgan fingerprint density at radius 1 is 1.12 bits per heavy atom. The Bertz CT molecular complexity index is 1100. The minimum Gasteiger partial charge on any atom is -0.496 e. The van der Waals surface area contributed by atoms with E-state index in [1.165, 1.54) is 30.3 Å². The Labute approximate surface area is 204 Å². The van der Waals surface area contributed by atoms with Gasteiger partial charge >= 0.3 is 0 Å². The summed E-state index contributed by atoms with van der Waals surface area (Å²) in [6, 6.07) is 14.4. The van der Waals surface area contributed by atoms with E-state index >= 15 is 0 Å². The number of hydrogen-bond donors (Lipinski definition) is 0. The quantitative estimate of drug-likeness (QED) is 0.373. The number of carbonyl (C=O) groups excluding carboxylic acids is 1. The number of para-hydroxylation sites is 1. The van der Waals surface area contributed by atoms with Crippen molar-refractivity contribution in [3.8, 4) is 17.1 Å². The molecule has 1 amide bonds. The molecule has 1 aromatic heterocycles. The third-order valence-electron chi connectivity index (χ3n) is 6.31. The maximum absolute atomic E-state index is 13.4. The van der Waals surface area contributed by atoms with Crippen LogP contribution in [0.25, 0.3) is 11.4 Å². The van der Waals surface area contributed by atoms with Crippen molar-refractivity contribution < 1.29 is 13.9 Å². The molecular formula is C26H31FN4O2S. The summed E-state index contributed by atoms with van der Waals surface area (Å²) < 4.78 is 20.9. The molecule has 0 spiro atoms. The highest BCUT2D eigenvalue weighted by molar-refractivity contribution is 7.99. The Morgan fingerprint density at radius 3 is 2.56 bits per heavy atom. The Kier molecular flexibility index (Phi) is 8.21. The molecule has 0 bridgehead atoms. The molecule has 0 unspecified atom stereocenters. The Balaban J connectivity index is 1.51. The van der Waals surface area contributed by atoms with E-state index in [1.807, 2.05) is 40.7 Å². The van der Waals surface area contributed by atoms with Gasteiger partial charge in [-0.05, 0) is 49.6 Å². The number of hydrogen-bond acceptors (Lipinski definition) is 5. The van der Waals surface area contributed by atoms with Crippen molar-refractivity contribution >= 4 is 17.7 Å². The molecule has 0 aliphatic heterocycles. The van der Waals surface area contributed by atoms with Crippen molar-refractivity contribution in [1.29, 1.82) is 0 Å². The van der Waals surface area contributed by atoms with Crippen LogP contribution in [0, 0.1) is 5.82 Å². The first-order valence-corrected chi connectivity index (χ1v) is 12.8. The van der Waals surface area contributed by atoms with Crippen LogP contribution in [0.15, 0.2) is 53.7 Å². The van der Waals surface area contributed by atoms with Gasteiger partial charge in [-0.3, -0.25) is 4.79 Å². The van der Waals surface area contributed by atoms with Crippen LogP contribution in [0.3, 0.4) is 0 Å². The van der Waals surface area contributed by atoms with Gasteiger partial charge in [0.15, 0.2) is 11.0 Å². The lowest BCUT2D eigenvalue weighted by Crippen LogP contribution is -2.42. The molecule has 6 nitrogen and oxygen atoms in total. The second-order valence-corrected chi connectivity index (χ2v) is 9.42. The minimum atomic E-state index is -0.264. The van der Waals surface area contributed by atoms with E-state index in [-0.39, 0.29) is 23.5 Å². The van der Waals surface area contributed by atoms with E-state index < -0.39 is 0 Å². The third kappa shape index (κ3) is 5.60. The molecule has 1 aliphatic carbocycles. The van der Waals surface area contributed by atoms with E-state index in [2.05, 4.69) is 10.2 Å². The van der Waals surface area contributed by atoms with E-state index in [9.17, 15) is 9.18 Å². The van der Waals surface area contributed by atoms with Crippen LogP contribution < -0.4 is 4.74 Å². The first kappa shape index (κ1) is 24.3. The Hall–Kier alpha value is -2.87. The lowest BCUT2D eigenvalue weighted by Gasteiger charge is -2.34. The van der Waals surface area contributed by atoms with E-state index in [4.69, 9.17) is 4.74 Å². The summed E-state index contributed by atoms with van der Waals surface area (Å²) in [7, 11) is 1.64. The molecule has 0 atom stereocenters. The van der Waals surface area contributed by atoms with Gasteiger partial charge in [0, 0.05) is 19.1 Å². The summed E-state index contributed by atoms with van der Waals surface area (Å²) in [6.45, 7) is 3.22. The molecule has 0 N–H and O–H groups in total. The number of carbonyl (C=O) groups is 1. The van der Waals surface area contributed by atoms with Gasteiger partial charge in [0.25, 0.3) is 0 Å². The molecule has 8 heteroatoms. The van der Waals surface area contributed by atoms with Crippen molar-refractivity contribution in [3.05, 3.63) is 59.9 Å². The standard InChI is InChI=1S/C26H31FN4O2S/c1-3-30-25(22-11-7-8-12-23(22)33-2)28-29-26(30)34-18-24(32)31(21-9-5-4-6-10-21)17-19-13-15-20(27)16-14-19/h7-8,11-16,21H,3-6,9-10,17-18H2,1-2H3. The van der Waals surface area contributed by atoms with Gasteiger partial charge in [-0.2, -0.15) is 0 Å². The van der Waals surface area contributed by atoms with Crippen LogP contribution in [0.4, 0.5) is 4.39 Å². The number of halogens is 1. The first-order chi connectivity index (χ1) is 16.6. The highest BCUT2D eigenvalue weighted by Crippen LogP contribution is 2.31. The highest BCUT2D eigenvalue weighted by Gasteiger charge is 2.26. The van der Waals surface area contributed by atoms with Gasteiger partial charge in [-0.15, -0.1) is 10.2 Å². The van der Waals surface area contributed by atoms with Crippen LogP contribution in [-0.2, 0) is 17.9 Å². The molecule has 180 valence electrons. The van der Waals surface area contributed by atoms with Crippen molar-refractivity contribution in [2.75, 3.05) is 12.9 Å². The first-order valence-electron chi connectivity index (χ1n) is 11.8. The summed E-state index contributed by atoms with van der Waals surface area (Å²) in [5.74, 6) is 1.55. The topological polar surface area (TPSA) is 60.2 Å². The molecular weight excluding hydrogens is 451 g/mol. The van der Waals surface area contributed by atoms with Crippen LogP contribution in [0.2, 0.25) is 0 Å². The van der Waals surface area contributed by atoms with Gasteiger partial charge in [0.2, 0.25) is 5.91 Å². The molecule has 2 aromatic carbocycles. The van der Waals surface area contributed by atoms with Crippen LogP contribution >= 0.6 is 11.8 Å². The molecule has 1 aliphatic rings. The van der Waals surface area contributed by atoms with Gasteiger partial charge in [-0.1, -0.05) is 55.3 Å². The van der Waals surface area contributed by atoms with Crippen molar-refractivity contribution in [2.24, 2.45) is 0 Å². The number of benzene rings is 2. The number of ether oxygens (including phenoxy) is 1. The lowest BCUT2D eigenvalue weighted by molar-refractivity contribution is -0.132. The fourth-order valence-electron chi connectivity index (χ4n) is 4.52. The largest absolute Gasteiger partial charge is 0.496 e. The molecule has 34 heavy (non-hydrogen) atoms. The monoisotopic (exact) mass is 482 g/mol. The van der Waals surface area contributed by atoms with Gasteiger partial charge in [0.1, 0.15) is 11.6 Å². The average Bonchev–Trinajstić information content (AvgIpc) is 3.30. The average molecular weight is 483 g/mol. The maximum atomic E-state index is 13.4. The number of nitrogens with zero attached hydrogens (tertiary/aromatic N) is 4. The van der Waals surface area contributed by atoms with Gasteiger partial charge in [0.05, 0.1) is 18.4 Å². The number of thioether (sulfide) groups is 1. The zero-order valence-corrected chi connectivity index (χ0v) is 20.6. The number of rotatable bonds is 9. The predicted octanol–water partition coefficient (Wildman–Crippen LogP) is 5.57. The lowest BCUT2D eigenvalue weighted by atomic mass is 9.94. The van der Waals surface area contributed by atoms with Crippen molar-refractivity contribution in [1.82, 2.24) is 19.7 Å². The summed E-state index contributed by atoms with van der Waals surface area (Å²) in [5.41, 5.74) is 1.82. The van der Waals surface area contributed by atoms with Crippen LogP contribution in [0.1, 0.15) is 44.6 Å². The van der Waals surface area contributed by atoms with Crippen LogP contribution in [0.5, 0.6) is 5.75 Å². The summed E-state index contributed by atoms with van der Waals surface area (Å²) in [4.78, 5) is 15.4. The smallest absolute Gasteiger partial charge is 0.233 e. The zero-order chi connectivity index (χ0) is 23.9. The molecule has 4 rings (SSSR count). The minimum absolute atomic E-state index is 0.0747. The fourth-order valence-corrected chi connectivity index (χ4v) is 5.41. The van der Waals surface area contributed by atoms with Crippen molar-refractivity contribution in [2.45, 2.75) is 63.3 Å². The number of amides is 1. The van der Waals surface area contributed by atoms with Crippen molar-refractivity contribution in [3.63, 3.8) is 0 Å². The summed E-state index contributed by atoms with van der Waals surface area (Å²) in [5, 5.41) is 9.50. The fraction of sp³-hybridized carbons (Fsp3) is 0.423. The number of aromatic nitrogens is 3. The molecule has 3 aromatic rings. The SMILES string of the molecule is CCn1c(SCC(=O)N(Cc2ccc(F)cc2)C2CCCCC2)nnc1-c1ccccc1OC. The molecule has 1 heterocycles. The van der Waals surface area contributed by atoms with E-state index in [0.29, 0.717) is 18.2 Å². The highest BCUT2D eigenvalue weighted by atomic mass is 32.2. The van der Waals surface area contributed by atoms with Gasteiger partial charge < -0.3 is 14.2 Å². The van der Waals surface area contributed by atoms with E-state index in [1.54, 1.807) is 19.2 Å². The van der Waals surface area contributed by atoms with E-state index in [0.717, 1.165) is 48.4 Å². The Morgan fingerprint density at radius 2 is 1.85 bits per heavy atom. The zero-order valence-electron chi connectivity index (χ0n) is 19.7. The number of methoxy groups -OCH3 is 1. The second-order valence-electron chi connectivity index (χ2n) is 8.48. The van der Waals surface area contributed by atoms with Gasteiger partial charge in [-0.25, -0.2) is 4.39 Å². The molecule has 0 radical (unpaired) electrons.